The second-order valence-electron chi connectivity index (χ2n) is 3.44. The van der Waals surface area contributed by atoms with Crippen LogP contribution in [-0.2, 0) is 4.79 Å². The molecule has 0 bridgehead atoms. The summed E-state index contributed by atoms with van der Waals surface area (Å²) in [6.45, 7) is 1.84. The molecule has 9 nitrogen and oxygen atoms in total. The highest BCUT2D eigenvalue weighted by molar-refractivity contribution is 7.99. The summed E-state index contributed by atoms with van der Waals surface area (Å²) < 4.78 is 2.85. The number of aliphatic carboxylic acids is 1. The Balaban J connectivity index is 2.17. The van der Waals surface area contributed by atoms with Gasteiger partial charge in [0.1, 0.15) is 18.7 Å². The lowest BCUT2D eigenvalue weighted by Gasteiger charge is -2.10. The maximum absolute atomic E-state index is 10.5. The molecule has 3 N–H and O–H groups in total. The zero-order chi connectivity index (χ0) is 13.1. The number of hydrogen-bond donors (Lipinski definition) is 2. The Morgan fingerprint density at radius 3 is 3.00 bits per heavy atom. The molecule has 96 valence electrons. The van der Waals surface area contributed by atoms with Crippen LogP contribution in [0.2, 0.25) is 0 Å². The Hall–Kier alpha value is -2.10. The molecule has 0 fully saturated rings. The van der Waals surface area contributed by atoms with E-state index in [4.69, 9.17) is 10.9 Å². The molecular weight excluding hydrogens is 258 g/mol. The molecule has 0 spiro atoms. The van der Waals surface area contributed by atoms with Crippen LogP contribution >= 0.6 is 11.8 Å². The number of carboxylic acids is 1. The summed E-state index contributed by atoms with van der Waals surface area (Å²) >= 11 is 1.01. The first-order valence-corrected chi connectivity index (χ1v) is 5.97. The summed E-state index contributed by atoms with van der Waals surface area (Å²) in [4.78, 5) is 14.3. The first-order valence-electron chi connectivity index (χ1n) is 4.98. The number of carboxylic acid groups (broad SMARTS) is 1. The molecule has 18 heavy (non-hydrogen) atoms. The van der Waals surface area contributed by atoms with Crippen molar-refractivity contribution in [1.82, 2.24) is 29.6 Å². The van der Waals surface area contributed by atoms with Gasteiger partial charge in [-0.15, -0.1) is 10.2 Å². The molecule has 0 saturated heterocycles. The highest BCUT2D eigenvalue weighted by Gasteiger charge is 2.18. The standard InChI is InChI=1S/C8H11N7O2S/c1-5(14-4-10-3-11-14)7-12-13-8(15(7)9)18-2-6(16)17/h3-5H,2,9H2,1H3,(H,16,17). The van der Waals surface area contributed by atoms with Crippen molar-refractivity contribution in [2.75, 3.05) is 11.6 Å². The highest BCUT2D eigenvalue weighted by atomic mass is 32.2. The Bertz CT molecular complexity index is 538. The van der Waals surface area contributed by atoms with Crippen LogP contribution in [0, 0.1) is 0 Å². The van der Waals surface area contributed by atoms with E-state index in [9.17, 15) is 4.79 Å². The fraction of sp³-hybridized carbons (Fsp3) is 0.375. The molecule has 1 unspecified atom stereocenters. The Morgan fingerprint density at radius 1 is 1.61 bits per heavy atom. The zero-order valence-electron chi connectivity index (χ0n) is 9.46. The van der Waals surface area contributed by atoms with Gasteiger partial charge in [0.15, 0.2) is 5.82 Å². The topological polar surface area (TPSA) is 125 Å². The third kappa shape index (κ3) is 2.42. The molecule has 0 radical (unpaired) electrons. The second-order valence-corrected chi connectivity index (χ2v) is 4.39. The molecule has 0 aromatic carbocycles. The SMILES string of the molecule is CC(c1nnc(SCC(=O)O)n1N)n1cncn1. The molecule has 2 rings (SSSR count). The first-order chi connectivity index (χ1) is 8.59. The highest BCUT2D eigenvalue weighted by Crippen LogP contribution is 2.19. The molecule has 2 aromatic heterocycles. The number of rotatable bonds is 5. The van der Waals surface area contributed by atoms with Gasteiger partial charge < -0.3 is 10.9 Å². The van der Waals surface area contributed by atoms with Crippen LogP contribution in [0.15, 0.2) is 17.8 Å². The number of thioether (sulfide) groups is 1. The molecule has 0 amide bonds. The number of nitrogens with zero attached hydrogens (tertiary/aromatic N) is 6. The minimum atomic E-state index is -0.936. The summed E-state index contributed by atoms with van der Waals surface area (Å²) in [5, 5.41) is 20.7. The van der Waals surface area contributed by atoms with Crippen molar-refractivity contribution < 1.29 is 9.90 Å². The molecule has 2 heterocycles. The van der Waals surface area contributed by atoms with Gasteiger partial charge in [-0.2, -0.15) is 5.10 Å². The fourth-order valence-corrected chi connectivity index (χ4v) is 1.92. The number of nitrogens with two attached hydrogens (primary N) is 1. The van der Waals surface area contributed by atoms with Crippen molar-refractivity contribution in [2.24, 2.45) is 0 Å². The van der Waals surface area contributed by atoms with Crippen LogP contribution in [0.4, 0.5) is 0 Å². The van der Waals surface area contributed by atoms with Gasteiger partial charge in [0.05, 0.1) is 5.75 Å². The predicted molar refractivity (Wildman–Crippen MR) is 62.4 cm³/mol. The van der Waals surface area contributed by atoms with E-state index < -0.39 is 5.97 Å². The molecular formula is C8H11N7O2S. The lowest BCUT2D eigenvalue weighted by atomic mass is 10.3. The minimum Gasteiger partial charge on any atom is -0.481 e. The maximum atomic E-state index is 10.5. The smallest absolute Gasteiger partial charge is 0.313 e. The van der Waals surface area contributed by atoms with Gasteiger partial charge in [-0.25, -0.2) is 14.3 Å². The number of nitrogen functional groups attached to an aromatic ring is 1. The Morgan fingerprint density at radius 2 is 2.39 bits per heavy atom. The van der Waals surface area contributed by atoms with E-state index in [1.807, 2.05) is 6.92 Å². The monoisotopic (exact) mass is 269 g/mol. The molecule has 0 aliphatic rings. The largest absolute Gasteiger partial charge is 0.481 e. The van der Waals surface area contributed by atoms with Crippen molar-refractivity contribution >= 4 is 17.7 Å². The van der Waals surface area contributed by atoms with Gasteiger partial charge >= 0.3 is 5.97 Å². The van der Waals surface area contributed by atoms with E-state index in [1.165, 1.54) is 11.0 Å². The van der Waals surface area contributed by atoms with E-state index in [0.29, 0.717) is 11.0 Å². The van der Waals surface area contributed by atoms with E-state index >= 15 is 0 Å². The Labute approximate surface area is 106 Å². The van der Waals surface area contributed by atoms with Crippen molar-refractivity contribution in [1.29, 1.82) is 0 Å². The maximum Gasteiger partial charge on any atom is 0.313 e. The summed E-state index contributed by atoms with van der Waals surface area (Å²) in [5.74, 6) is 5.24. The average molecular weight is 269 g/mol. The molecule has 10 heteroatoms. The van der Waals surface area contributed by atoms with Crippen LogP contribution in [0.5, 0.6) is 0 Å². The quantitative estimate of drug-likeness (QED) is 0.543. The normalized spacial score (nSPS) is 12.5. The Kier molecular flexibility index (Phi) is 3.46. The molecule has 2 aromatic rings. The third-order valence-electron chi connectivity index (χ3n) is 2.22. The van der Waals surface area contributed by atoms with E-state index in [2.05, 4.69) is 20.3 Å². The van der Waals surface area contributed by atoms with Crippen LogP contribution in [-0.4, -0.2) is 46.5 Å². The van der Waals surface area contributed by atoms with Crippen molar-refractivity contribution in [3.8, 4) is 0 Å². The summed E-state index contributed by atoms with van der Waals surface area (Å²) in [5.41, 5.74) is 0. The van der Waals surface area contributed by atoms with Gasteiger partial charge in [0, 0.05) is 0 Å². The van der Waals surface area contributed by atoms with E-state index in [1.54, 1.807) is 11.0 Å². The number of carbonyl (C=O) groups is 1. The van der Waals surface area contributed by atoms with E-state index in [-0.39, 0.29) is 11.8 Å². The zero-order valence-corrected chi connectivity index (χ0v) is 10.3. The van der Waals surface area contributed by atoms with Crippen LogP contribution in [0.1, 0.15) is 18.8 Å². The predicted octanol–water partition coefficient (Wildman–Crippen LogP) is -0.631. The average Bonchev–Trinajstić information content (AvgIpc) is 2.95. The van der Waals surface area contributed by atoms with Crippen molar-refractivity contribution in [3.63, 3.8) is 0 Å². The third-order valence-corrected chi connectivity index (χ3v) is 3.15. The van der Waals surface area contributed by atoms with Gasteiger partial charge in [-0.3, -0.25) is 4.79 Å². The van der Waals surface area contributed by atoms with Gasteiger partial charge in [-0.1, -0.05) is 11.8 Å². The van der Waals surface area contributed by atoms with Crippen LogP contribution in [0.25, 0.3) is 0 Å². The lowest BCUT2D eigenvalue weighted by Crippen LogP contribution is -2.20. The van der Waals surface area contributed by atoms with Crippen molar-refractivity contribution in [2.45, 2.75) is 18.1 Å². The first kappa shape index (κ1) is 12.4. The van der Waals surface area contributed by atoms with Gasteiger partial charge in [0.2, 0.25) is 5.16 Å². The van der Waals surface area contributed by atoms with Gasteiger partial charge in [-0.05, 0) is 6.92 Å². The van der Waals surface area contributed by atoms with E-state index in [0.717, 1.165) is 11.8 Å². The minimum absolute atomic E-state index is 0.118. The lowest BCUT2D eigenvalue weighted by molar-refractivity contribution is -0.133. The number of aromatic nitrogens is 6. The van der Waals surface area contributed by atoms with Gasteiger partial charge in [0.25, 0.3) is 0 Å². The fourth-order valence-electron chi connectivity index (χ4n) is 1.33. The molecule has 0 saturated carbocycles. The second kappa shape index (κ2) is 5.04. The summed E-state index contributed by atoms with van der Waals surface area (Å²) in [6, 6.07) is -0.232. The van der Waals surface area contributed by atoms with Crippen molar-refractivity contribution in [3.05, 3.63) is 18.5 Å². The molecule has 0 aliphatic carbocycles. The summed E-state index contributed by atoms with van der Waals surface area (Å²) in [6.07, 6.45) is 2.96. The number of hydrogen-bond acceptors (Lipinski definition) is 7. The van der Waals surface area contributed by atoms with Crippen LogP contribution in [0.3, 0.4) is 0 Å². The van der Waals surface area contributed by atoms with Crippen LogP contribution < -0.4 is 5.84 Å². The molecule has 0 aliphatic heterocycles. The summed E-state index contributed by atoms with van der Waals surface area (Å²) in [7, 11) is 0. The molecule has 1 atom stereocenters.